The van der Waals surface area contributed by atoms with Crippen molar-refractivity contribution in [1.29, 1.82) is 0 Å². The largest absolute Gasteiger partial charge is 0.389 e. The van der Waals surface area contributed by atoms with Crippen LogP contribution in [0.1, 0.15) is 23.9 Å². The van der Waals surface area contributed by atoms with Gasteiger partial charge in [-0.15, -0.1) is 0 Å². The van der Waals surface area contributed by atoms with Crippen molar-refractivity contribution in [3.63, 3.8) is 0 Å². The second kappa shape index (κ2) is 5.27. The van der Waals surface area contributed by atoms with E-state index in [0.717, 1.165) is 17.8 Å². The van der Waals surface area contributed by atoms with Gasteiger partial charge in [0.25, 0.3) is 0 Å². The first-order valence-corrected chi connectivity index (χ1v) is 6.10. The summed E-state index contributed by atoms with van der Waals surface area (Å²) in [6.45, 7) is 2.60. The van der Waals surface area contributed by atoms with Crippen LogP contribution in [-0.2, 0) is 13.0 Å². The van der Waals surface area contributed by atoms with Gasteiger partial charge in [0, 0.05) is 30.9 Å². The molecule has 0 unspecified atom stereocenters. The van der Waals surface area contributed by atoms with Crippen molar-refractivity contribution in [3.05, 3.63) is 53.4 Å². The van der Waals surface area contributed by atoms with Gasteiger partial charge in [-0.25, -0.2) is 9.37 Å². The van der Waals surface area contributed by atoms with Crippen LogP contribution in [0, 0.1) is 5.82 Å². The van der Waals surface area contributed by atoms with E-state index in [9.17, 15) is 4.39 Å². The fraction of sp³-hybridized carbons (Fsp3) is 0.231. The van der Waals surface area contributed by atoms with E-state index < -0.39 is 0 Å². The minimum atomic E-state index is -0.325. The summed E-state index contributed by atoms with van der Waals surface area (Å²) in [5, 5.41) is 0. The summed E-state index contributed by atoms with van der Waals surface area (Å²) in [5.74, 6) is 0.643. The van der Waals surface area contributed by atoms with Gasteiger partial charge in [0.05, 0.1) is 0 Å². The van der Waals surface area contributed by atoms with Gasteiger partial charge < -0.3 is 10.3 Å². The lowest BCUT2D eigenvalue weighted by Gasteiger charge is -2.08. The number of thiocarbonyl (C=S) groups is 1. The third-order valence-corrected chi connectivity index (χ3v) is 2.95. The highest BCUT2D eigenvalue weighted by Gasteiger charge is 2.06. The van der Waals surface area contributed by atoms with Gasteiger partial charge in [-0.2, -0.15) is 0 Å². The number of nitrogens with two attached hydrogens (primary N) is 1. The molecule has 94 valence electrons. The molecule has 3 nitrogen and oxygen atoms in total. The molecular weight excluding hydrogens is 249 g/mol. The predicted octanol–water partition coefficient (Wildman–Crippen LogP) is 2.27. The van der Waals surface area contributed by atoms with Gasteiger partial charge in [0.2, 0.25) is 0 Å². The summed E-state index contributed by atoms with van der Waals surface area (Å²) in [5.41, 5.74) is 6.91. The zero-order valence-electron chi connectivity index (χ0n) is 10.1. The number of rotatable bonds is 4. The summed E-state index contributed by atoms with van der Waals surface area (Å²) in [7, 11) is 0. The molecule has 0 spiro atoms. The van der Waals surface area contributed by atoms with Crippen LogP contribution < -0.4 is 5.73 Å². The summed E-state index contributed by atoms with van der Waals surface area (Å²) in [6, 6.07) is 4.65. The SMILES string of the molecule is CCc1nccn1Cc1cc(F)cc(C(N)=S)c1. The number of aromatic nitrogens is 2. The van der Waals surface area contributed by atoms with Crippen LogP contribution in [0.4, 0.5) is 4.39 Å². The molecule has 0 aliphatic rings. The van der Waals surface area contributed by atoms with Crippen LogP contribution >= 0.6 is 12.2 Å². The quantitative estimate of drug-likeness (QED) is 0.861. The Morgan fingerprint density at radius 1 is 1.44 bits per heavy atom. The summed E-state index contributed by atoms with van der Waals surface area (Å²) >= 11 is 4.87. The fourth-order valence-electron chi connectivity index (χ4n) is 1.88. The number of aryl methyl sites for hydroxylation is 1. The predicted molar refractivity (Wildman–Crippen MR) is 73.0 cm³/mol. The number of hydrogen-bond acceptors (Lipinski definition) is 2. The molecule has 2 aromatic rings. The van der Waals surface area contributed by atoms with Gasteiger partial charge in [-0.1, -0.05) is 19.1 Å². The maximum Gasteiger partial charge on any atom is 0.124 e. The molecule has 0 amide bonds. The van der Waals surface area contributed by atoms with Crippen LogP contribution in [0.2, 0.25) is 0 Å². The fourth-order valence-corrected chi connectivity index (χ4v) is 2.00. The lowest BCUT2D eigenvalue weighted by atomic mass is 10.1. The molecule has 0 aliphatic heterocycles. The number of benzene rings is 1. The number of nitrogens with zero attached hydrogens (tertiary/aromatic N) is 2. The van der Waals surface area contributed by atoms with Crippen molar-refractivity contribution in [1.82, 2.24) is 9.55 Å². The Morgan fingerprint density at radius 2 is 2.22 bits per heavy atom. The van der Waals surface area contributed by atoms with E-state index >= 15 is 0 Å². The molecule has 0 radical (unpaired) electrons. The Hall–Kier alpha value is -1.75. The van der Waals surface area contributed by atoms with Crippen molar-refractivity contribution in [2.24, 2.45) is 5.73 Å². The highest BCUT2D eigenvalue weighted by atomic mass is 32.1. The number of halogens is 1. The molecule has 0 saturated carbocycles. The summed E-state index contributed by atoms with van der Waals surface area (Å²) in [4.78, 5) is 4.44. The molecular formula is C13H14FN3S. The van der Waals surface area contributed by atoms with E-state index in [0.29, 0.717) is 12.1 Å². The first-order chi connectivity index (χ1) is 8.60. The van der Waals surface area contributed by atoms with Crippen LogP contribution in [0.3, 0.4) is 0 Å². The second-order valence-electron chi connectivity index (χ2n) is 4.04. The topological polar surface area (TPSA) is 43.8 Å². The maximum atomic E-state index is 13.5. The molecule has 0 atom stereocenters. The molecule has 1 aromatic heterocycles. The maximum absolute atomic E-state index is 13.5. The van der Waals surface area contributed by atoms with E-state index in [1.807, 2.05) is 23.8 Å². The Morgan fingerprint density at radius 3 is 2.89 bits per heavy atom. The Balaban J connectivity index is 2.32. The standard InChI is InChI=1S/C13H14FN3S/c1-2-12-16-3-4-17(12)8-9-5-10(13(15)18)7-11(14)6-9/h3-7H,2,8H2,1H3,(H2,15,18). The smallest absolute Gasteiger partial charge is 0.124 e. The van der Waals surface area contributed by atoms with Crippen LogP contribution in [0.25, 0.3) is 0 Å². The van der Waals surface area contributed by atoms with Gasteiger partial charge in [0.1, 0.15) is 16.6 Å². The molecule has 18 heavy (non-hydrogen) atoms. The molecule has 0 fully saturated rings. The average molecular weight is 263 g/mol. The highest BCUT2D eigenvalue weighted by Crippen LogP contribution is 2.12. The Kier molecular flexibility index (Phi) is 3.72. The van der Waals surface area contributed by atoms with Gasteiger partial charge >= 0.3 is 0 Å². The molecule has 2 rings (SSSR count). The molecule has 0 aliphatic carbocycles. The van der Waals surface area contributed by atoms with Crippen molar-refractivity contribution >= 4 is 17.2 Å². The molecule has 5 heteroatoms. The lowest BCUT2D eigenvalue weighted by molar-refractivity contribution is 0.622. The van der Waals surface area contributed by atoms with Crippen molar-refractivity contribution in [3.8, 4) is 0 Å². The minimum absolute atomic E-state index is 0.206. The first-order valence-electron chi connectivity index (χ1n) is 5.69. The zero-order chi connectivity index (χ0) is 13.1. The van der Waals surface area contributed by atoms with E-state index in [1.165, 1.54) is 12.1 Å². The van der Waals surface area contributed by atoms with E-state index in [4.69, 9.17) is 18.0 Å². The van der Waals surface area contributed by atoms with Crippen LogP contribution in [0.15, 0.2) is 30.6 Å². The molecule has 2 N–H and O–H groups in total. The van der Waals surface area contributed by atoms with Crippen molar-refractivity contribution in [2.75, 3.05) is 0 Å². The highest BCUT2D eigenvalue weighted by molar-refractivity contribution is 7.80. The van der Waals surface area contributed by atoms with Crippen molar-refractivity contribution < 1.29 is 4.39 Å². The monoisotopic (exact) mass is 263 g/mol. The summed E-state index contributed by atoms with van der Waals surface area (Å²) < 4.78 is 15.4. The van der Waals surface area contributed by atoms with Gasteiger partial charge in [-0.05, 0) is 23.8 Å². The molecule has 0 saturated heterocycles. The molecule has 1 aromatic carbocycles. The normalized spacial score (nSPS) is 10.6. The van der Waals surface area contributed by atoms with E-state index in [-0.39, 0.29) is 10.8 Å². The zero-order valence-corrected chi connectivity index (χ0v) is 10.9. The van der Waals surface area contributed by atoms with Gasteiger partial charge in [0.15, 0.2) is 0 Å². The third-order valence-electron chi connectivity index (χ3n) is 2.71. The van der Waals surface area contributed by atoms with E-state index in [1.54, 1.807) is 6.20 Å². The molecule has 0 bridgehead atoms. The third kappa shape index (κ3) is 2.73. The second-order valence-corrected chi connectivity index (χ2v) is 4.48. The average Bonchev–Trinajstić information content (AvgIpc) is 2.75. The summed E-state index contributed by atoms with van der Waals surface area (Å²) in [6.07, 6.45) is 4.46. The first kappa shape index (κ1) is 12.7. The van der Waals surface area contributed by atoms with Crippen LogP contribution in [0.5, 0.6) is 0 Å². The number of imidazole rings is 1. The van der Waals surface area contributed by atoms with Crippen molar-refractivity contribution in [2.45, 2.75) is 19.9 Å². The van der Waals surface area contributed by atoms with E-state index in [2.05, 4.69) is 4.98 Å². The van der Waals surface area contributed by atoms with Crippen LogP contribution in [-0.4, -0.2) is 14.5 Å². The Bertz CT molecular complexity index is 577. The molecule has 1 heterocycles. The van der Waals surface area contributed by atoms with Gasteiger partial charge in [-0.3, -0.25) is 0 Å². The Labute approximate surface area is 110 Å². The lowest BCUT2D eigenvalue weighted by Crippen LogP contribution is -2.11. The number of hydrogen-bond donors (Lipinski definition) is 1. The minimum Gasteiger partial charge on any atom is -0.389 e.